The Balaban J connectivity index is 2.29. The zero-order valence-corrected chi connectivity index (χ0v) is 12.7. The van der Waals surface area contributed by atoms with Crippen LogP contribution >= 0.6 is 15.9 Å². The number of fused-ring (bicyclic) bond motifs is 1. The van der Waals surface area contributed by atoms with E-state index in [1.807, 2.05) is 13.1 Å². The number of anilines is 1. The molecule has 0 unspecified atom stereocenters. The predicted octanol–water partition coefficient (Wildman–Crippen LogP) is 0.953. The van der Waals surface area contributed by atoms with Gasteiger partial charge in [0.2, 0.25) is 0 Å². The molecule has 2 aromatic heterocycles. The Hall–Kier alpha value is -1.22. The highest BCUT2D eigenvalue weighted by Gasteiger charge is 2.14. The lowest BCUT2D eigenvalue weighted by atomic mass is 10.4. The first-order chi connectivity index (χ1) is 9.71. The van der Waals surface area contributed by atoms with Gasteiger partial charge in [0.25, 0.3) is 0 Å². The van der Waals surface area contributed by atoms with Crippen LogP contribution in [-0.4, -0.2) is 50.6 Å². The van der Waals surface area contributed by atoms with Crippen molar-refractivity contribution in [2.75, 3.05) is 25.1 Å². The highest BCUT2D eigenvalue weighted by Crippen LogP contribution is 2.29. The highest BCUT2D eigenvalue weighted by molar-refractivity contribution is 9.10. The Morgan fingerprint density at radius 1 is 1.40 bits per heavy atom. The molecule has 8 heteroatoms. The fourth-order valence-electron chi connectivity index (χ4n) is 1.83. The number of rotatable bonds is 7. The van der Waals surface area contributed by atoms with E-state index in [2.05, 4.69) is 31.2 Å². The Labute approximate surface area is 124 Å². The summed E-state index contributed by atoms with van der Waals surface area (Å²) in [6.45, 7) is 2.49. The summed E-state index contributed by atoms with van der Waals surface area (Å²) < 4.78 is 8.06. The molecule has 7 nitrogen and oxygen atoms in total. The van der Waals surface area contributed by atoms with Crippen LogP contribution in [0.1, 0.15) is 6.92 Å². The summed E-state index contributed by atoms with van der Waals surface area (Å²) in [5, 5.41) is 22.0. The van der Waals surface area contributed by atoms with Crippen molar-refractivity contribution in [1.29, 1.82) is 0 Å². The Kier molecular flexibility index (Phi) is 5.30. The molecule has 0 bridgehead atoms. The SMILES string of the molecule is CCNc1ncnc2c1c(Br)cn2COC(CO)CO. The molecule has 0 aliphatic carbocycles. The van der Waals surface area contributed by atoms with Gasteiger partial charge < -0.3 is 24.8 Å². The lowest BCUT2D eigenvalue weighted by Gasteiger charge is -2.13. The topological polar surface area (TPSA) is 92.4 Å². The standard InChI is InChI=1S/C12H17BrN4O3/c1-2-14-11-10-9(13)3-17(12(10)16-6-15-11)7-20-8(4-18)5-19/h3,6,8,18-19H,2,4-5,7H2,1H3,(H,14,15,16). The van der Waals surface area contributed by atoms with Crippen molar-refractivity contribution in [3.05, 3.63) is 17.0 Å². The van der Waals surface area contributed by atoms with E-state index >= 15 is 0 Å². The minimum absolute atomic E-state index is 0.191. The molecule has 2 heterocycles. The number of ether oxygens (including phenoxy) is 1. The molecule has 0 aromatic carbocycles. The van der Waals surface area contributed by atoms with Crippen LogP contribution < -0.4 is 5.32 Å². The van der Waals surface area contributed by atoms with Gasteiger partial charge in [0.05, 0.1) is 18.6 Å². The van der Waals surface area contributed by atoms with Gasteiger partial charge in [0.15, 0.2) is 0 Å². The number of aliphatic hydroxyl groups is 2. The van der Waals surface area contributed by atoms with E-state index in [-0.39, 0.29) is 19.9 Å². The third-order valence-corrected chi connectivity index (χ3v) is 3.41. The van der Waals surface area contributed by atoms with Crippen molar-refractivity contribution in [3.8, 4) is 0 Å². The van der Waals surface area contributed by atoms with E-state index in [0.717, 1.165) is 27.9 Å². The van der Waals surface area contributed by atoms with Gasteiger partial charge in [-0.3, -0.25) is 0 Å². The minimum atomic E-state index is -0.596. The van der Waals surface area contributed by atoms with Gasteiger partial charge in [0, 0.05) is 17.2 Å². The van der Waals surface area contributed by atoms with E-state index in [1.165, 1.54) is 6.33 Å². The van der Waals surface area contributed by atoms with Crippen LogP contribution in [0.2, 0.25) is 0 Å². The van der Waals surface area contributed by atoms with Crippen molar-refractivity contribution in [1.82, 2.24) is 14.5 Å². The number of nitrogens with zero attached hydrogens (tertiary/aromatic N) is 3. The number of nitrogens with one attached hydrogen (secondary N) is 1. The fourth-order valence-corrected chi connectivity index (χ4v) is 2.44. The van der Waals surface area contributed by atoms with Crippen molar-refractivity contribution in [2.24, 2.45) is 0 Å². The third kappa shape index (κ3) is 3.09. The highest BCUT2D eigenvalue weighted by atomic mass is 79.9. The van der Waals surface area contributed by atoms with Crippen molar-refractivity contribution < 1.29 is 14.9 Å². The summed E-state index contributed by atoms with van der Waals surface area (Å²) in [5.74, 6) is 0.754. The molecule has 0 saturated carbocycles. The van der Waals surface area contributed by atoms with Crippen molar-refractivity contribution >= 4 is 32.8 Å². The first kappa shape index (κ1) is 15.2. The summed E-state index contributed by atoms with van der Waals surface area (Å²) in [6, 6.07) is 0. The molecule has 0 fully saturated rings. The van der Waals surface area contributed by atoms with Crippen LogP contribution in [0.4, 0.5) is 5.82 Å². The molecule has 0 spiro atoms. The van der Waals surface area contributed by atoms with E-state index in [1.54, 1.807) is 4.57 Å². The van der Waals surface area contributed by atoms with Gasteiger partial charge in [-0.25, -0.2) is 9.97 Å². The minimum Gasteiger partial charge on any atom is -0.394 e. The number of halogens is 1. The quantitative estimate of drug-likeness (QED) is 0.692. The first-order valence-corrected chi connectivity index (χ1v) is 7.07. The molecule has 0 aliphatic heterocycles. The summed E-state index contributed by atoms with van der Waals surface area (Å²) in [6.07, 6.45) is 2.73. The molecular formula is C12H17BrN4O3. The zero-order chi connectivity index (χ0) is 14.5. The second-order valence-electron chi connectivity index (χ2n) is 4.18. The lowest BCUT2D eigenvalue weighted by Crippen LogP contribution is -2.23. The van der Waals surface area contributed by atoms with Crippen LogP contribution in [0, 0.1) is 0 Å². The van der Waals surface area contributed by atoms with Gasteiger partial charge in [-0.1, -0.05) is 0 Å². The fraction of sp³-hybridized carbons (Fsp3) is 0.500. The molecular weight excluding hydrogens is 328 g/mol. The van der Waals surface area contributed by atoms with Crippen molar-refractivity contribution in [2.45, 2.75) is 19.8 Å². The maximum atomic E-state index is 9.00. The number of aromatic nitrogens is 3. The van der Waals surface area contributed by atoms with E-state index in [0.29, 0.717) is 0 Å². The summed E-state index contributed by atoms with van der Waals surface area (Å²) in [7, 11) is 0. The zero-order valence-electron chi connectivity index (χ0n) is 11.1. The molecule has 0 saturated heterocycles. The van der Waals surface area contributed by atoms with E-state index in [4.69, 9.17) is 14.9 Å². The Morgan fingerprint density at radius 2 is 2.15 bits per heavy atom. The Bertz CT molecular complexity index is 571. The van der Waals surface area contributed by atoms with Crippen LogP contribution in [0.3, 0.4) is 0 Å². The summed E-state index contributed by atoms with van der Waals surface area (Å²) in [4.78, 5) is 8.46. The largest absolute Gasteiger partial charge is 0.394 e. The maximum absolute atomic E-state index is 9.00. The average molecular weight is 345 g/mol. The number of hydrogen-bond acceptors (Lipinski definition) is 6. The predicted molar refractivity (Wildman–Crippen MR) is 78.4 cm³/mol. The van der Waals surface area contributed by atoms with E-state index < -0.39 is 6.10 Å². The second kappa shape index (κ2) is 6.98. The number of aliphatic hydroxyl groups excluding tert-OH is 2. The molecule has 3 N–H and O–H groups in total. The van der Waals surface area contributed by atoms with Gasteiger partial charge in [0.1, 0.15) is 30.6 Å². The summed E-state index contributed by atoms with van der Waals surface area (Å²) >= 11 is 3.48. The average Bonchev–Trinajstić information content (AvgIpc) is 2.78. The number of hydrogen-bond donors (Lipinski definition) is 3. The molecule has 2 aromatic rings. The second-order valence-corrected chi connectivity index (χ2v) is 5.04. The van der Waals surface area contributed by atoms with Crippen LogP contribution in [0.25, 0.3) is 11.0 Å². The molecule has 0 aliphatic rings. The molecule has 110 valence electrons. The summed E-state index contributed by atoms with van der Waals surface area (Å²) in [5.41, 5.74) is 0.720. The van der Waals surface area contributed by atoms with Crippen molar-refractivity contribution in [3.63, 3.8) is 0 Å². The molecule has 0 radical (unpaired) electrons. The monoisotopic (exact) mass is 344 g/mol. The van der Waals surface area contributed by atoms with Gasteiger partial charge in [-0.05, 0) is 22.9 Å². The third-order valence-electron chi connectivity index (χ3n) is 2.81. The van der Waals surface area contributed by atoms with Crippen LogP contribution in [-0.2, 0) is 11.5 Å². The molecule has 20 heavy (non-hydrogen) atoms. The lowest BCUT2D eigenvalue weighted by molar-refractivity contribution is -0.0487. The van der Waals surface area contributed by atoms with Crippen LogP contribution in [0.5, 0.6) is 0 Å². The molecule has 0 atom stereocenters. The van der Waals surface area contributed by atoms with Gasteiger partial charge in [-0.2, -0.15) is 0 Å². The van der Waals surface area contributed by atoms with E-state index in [9.17, 15) is 0 Å². The smallest absolute Gasteiger partial charge is 0.148 e. The van der Waals surface area contributed by atoms with Gasteiger partial charge in [-0.15, -0.1) is 0 Å². The maximum Gasteiger partial charge on any atom is 0.148 e. The Morgan fingerprint density at radius 3 is 2.80 bits per heavy atom. The first-order valence-electron chi connectivity index (χ1n) is 6.27. The molecule has 2 rings (SSSR count). The normalized spacial score (nSPS) is 11.4. The van der Waals surface area contributed by atoms with Crippen LogP contribution in [0.15, 0.2) is 17.0 Å². The molecule has 0 amide bonds. The van der Waals surface area contributed by atoms with Gasteiger partial charge >= 0.3 is 0 Å².